The third-order valence-electron chi connectivity index (χ3n) is 4.11. The Labute approximate surface area is 152 Å². The summed E-state index contributed by atoms with van der Waals surface area (Å²) in [5, 5.41) is 3.80. The van der Waals surface area contributed by atoms with Crippen LogP contribution < -0.4 is 15.1 Å². The van der Waals surface area contributed by atoms with Crippen molar-refractivity contribution in [2.45, 2.75) is 0 Å². The van der Waals surface area contributed by atoms with Crippen LogP contribution in [0.3, 0.4) is 0 Å². The quantitative estimate of drug-likeness (QED) is 0.706. The molecule has 0 fully saturated rings. The van der Waals surface area contributed by atoms with E-state index < -0.39 is 0 Å². The van der Waals surface area contributed by atoms with Crippen LogP contribution in [0.2, 0.25) is 0 Å². The Hall–Kier alpha value is -3.06. The van der Waals surface area contributed by atoms with Crippen molar-refractivity contribution < 1.29 is 14.4 Å². The van der Waals surface area contributed by atoms with Crippen molar-refractivity contribution >= 4 is 28.3 Å². The minimum absolute atomic E-state index is 0.259. The van der Waals surface area contributed by atoms with E-state index in [1.54, 1.807) is 19.4 Å². The second-order valence-electron chi connectivity index (χ2n) is 5.84. The van der Waals surface area contributed by atoms with Crippen LogP contribution in [0, 0.1) is 0 Å². The highest BCUT2D eigenvalue weighted by Gasteiger charge is 2.16. The third kappa shape index (κ3) is 3.62. The zero-order valence-electron chi connectivity index (χ0n) is 15.1. The molecule has 7 heteroatoms. The molecule has 0 spiro atoms. The standard InChI is InChI=1S/C19H22N4O3/c1-22(10-11-25-2)18-9-8-15(13-20-18)21-19(24)17-12-14-6-4-5-7-16(14)23(17)26-3/h4-9,12-13H,10-11H2,1-3H3,(H,21,24). The second-order valence-corrected chi connectivity index (χ2v) is 5.84. The van der Waals surface area contributed by atoms with Gasteiger partial charge >= 0.3 is 0 Å². The minimum Gasteiger partial charge on any atom is -0.416 e. The summed E-state index contributed by atoms with van der Waals surface area (Å²) in [6.07, 6.45) is 1.64. The van der Waals surface area contributed by atoms with Gasteiger partial charge in [0.15, 0.2) is 0 Å². The van der Waals surface area contributed by atoms with Crippen LogP contribution in [0.4, 0.5) is 11.5 Å². The van der Waals surface area contributed by atoms with Crippen LogP contribution in [0.15, 0.2) is 48.7 Å². The predicted molar refractivity (Wildman–Crippen MR) is 102 cm³/mol. The van der Waals surface area contributed by atoms with Crippen molar-refractivity contribution in [3.05, 3.63) is 54.4 Å². The van der Waals surface area contributed by atoms with Crippen molar-refractivity contribution in [1.82, 2.24) is 9.71 Å². The first-order valence-electron chi connectivity index (χ1n) is 8.26. The number of methoxy groups -OCH3 is 1. The minimum atomic E-state index is -0.259. The van der Waals surface area contributed by atoms with Crippen LogP contribution in [-0.2, 0) is 4.74 Å². The lowest BCUT2D eigenvalue weighted by atomic mass is 10.2. The number of ether oxygens (including phenoxy) is 1. The molecule has 3 rings (SSSR count). The number of carbonyl (C=O) groups is 1. The zero-order chi connectivity index (χ0) is 18.5. The number of carbonyl (C=O) groups excluding carboxylic acids is 1. The van der Waals surface area contributed by atoms with E-state index in [-0.39, 0.29) is 5.91 Å². The molecular weight excluding hydrogens is 332 g/mol. The van der Waals surface area contributed by atoms with Crippen molar-refractivity contribution in [2.75, 3.05) is 44.6 Å². The highest BCUT2D eigenvalue weighted by molar-refractivity contribution is 6.06. The number of benzene rings is 1. The van der Waals surface area contributed by atoms with Gasteiger partial charge in [0.2, 0.25) is 0 Å². The molecule has 0 saturated heterocycles. The van der Waals surface area contributed by atoms with Gasteiger partial charge in [-0.25, -0.2) is 4.98 Å². The molecule has 0 bridgehead atoms. The Kier molecular flexibility index (Phi) is 5.38. The topological polar surface area (TPSA) is 68.6 Å². The second kappa shape index (κ2) is 7.88. The molecule has 0 aliphatic carbocycles. The van der Waals surface area contributed by atoms with Gasteiger partial charge in [0, 0.05) is 26.1 Å². The van der Waals surface area contributed by atoms with Crippen LogP contribution in [0.5, 0.6) is 0 Å². The molecule has 0 atom stereocenters. The Morgan fingerprint density at radius 2 is 2.04 bits per heavy atom. The Morgan fingerprint density at radius 3 is 2.73 bits per heavy atom. The van der Waals surface area contributed by atoms with Gasteiger partial charge in [0.1, 0.15) is 18.6 Å². The van der Waals surface area contributed by atoms with E-state index in [0.29, 0.717) is 18.0 Å². The number of nitrogens with zero attached hydrogens (tertiary/aromatic N) is 3. The normalized spacial score (nSPS) is 10.7. The molecular formula is C19H22N4O3. The first-order chi connectivity index (χ1) is 12.6. The van der Waals surface area contributed by atoms with Gasteiger partial charge in [-0.1, -0.05) is 18.2 Å². The average Bonchev–Trinajstić information content (AvgIpc) is 3.05. The van der Waals surface area contributed by atoms with Crippen LogP contribution in [-0.4, -0.2) is 50.0 Å². The number of pyridine rings is 1. The molecule has 3 aromatic rings. The molecule has 0 saturated carbocycles. The number of hydrogen-bond acceptors (Lipinski definition) is 5. The van der Waals surface area contributed by atoms with Gasteiger partial charge in [-0.15, -0.1) is 0 Å². The summed E-state index contributed by atoms with van der Waals surface area (Å²) in [7, 11) is 5.14. The van der Waals surface area contributed by atoms with E-state index >= 15 is 0 Å². The number of anilines is 2. The van der Waals surface area contributed by atoms with Crippen molar-refractivity contribution in [2.24, 2.45) is 0 Å². The molecule has 1 amide bonds. The number of nitrogens with one attached hydrogen (secondary N) is 1. The first kappa shape index (κ1) is 17.8. The van der Waals surface area contributed by atoms with E-state index in [9.17, 15) is 4.79 Å². The summed E-state index contributed by atoms with van der Waals surface area (Å²) < 4.78 is 6.58. The first-order valence-corrected chi connectivity index (χ1v) is 8.26. The van der Waals surface area contributed by atoms with Gasteiger partial charge in [-0.05, 0) is 24.3 Å². The molecule has 136 valence electrons. The summed E-state index contributed by atoms with van der Waals surface area (Å²) in [5.41, 5.74) is 1.88. The Balaban J connectivity index is 1.76. The molecule has 1 N–H and O–H groups in total. The van der Waals surface area contributed by atoms with E-state index in [0.717, 1.165) is 23.3 Å². The van der Waals surface area contributed by atoms with E-state index in [1.807, 2.05) is 48.3 Å². The molecule has 1 aromatic carbocycles. The molecule has 2 aromatic heterocycles. The summed E-state index contributed by atoms with van der Waals surface area (Å²) in [6.45, 7) is 1.36. The van der Waals surface area contributed by atoms with Gasteiger partial charge in [0.05, 0.1) is 24.0 Å². The number of rotatable bonds is 7. The van der Waals surface area contributed by atoms with E-state index in [4.69, 9.17) is 9.57 Å². The summed E-state index contributed by atoms with van der Waals surface area (Å²) in [6, 6.07) is 13.2. The van der Waals surface area contributed by atoms with Crippen molar-refractivity contribution in [3.8, 4) is 0 Å². The maximum atomic E-state index is 12.7. The number of fused-ring (bicyclic) bond motifs is 1. The van der Waals surface area contributed by atoms with Gasteiger partial charge in [-0.3, -0.25) is 4.79 Å². The largest absolute Gasteiger partial charge is 0.416 e. The van der Waals surface area contributed by atoms with Gasteiger partial charge < -0.3 is 19.8 Å². The van der Waals surface area contributed by atoms with Crippen LogP contribution >= 0.6 is 0 Å². The summed E-state index contributed by atoms with van der Waals surface area (Å²) >= 11 is 0. The molecule has 0 radical (unpaired) electrons. The number of likely N-dealkylation sites (N-methyl/N-ethyl adjacent to an activating group) is 1. The van der Waals surface area contributed by atoms with Crippen molar-refractivity contribution in [3.63, 3.8) is 0 Å². The number of aromatic nitrogens is 2. The monoisotopic (exact) mass is 354 g/mol. The Bertz CT molecular complexity index is 889. The fraction of sp³-hybridized carbons (Fsp3) is 0.263. The average molecular weight is 354 g/mol. The van der Waals surface area contributed by atoms with Crippen molar-refractivity contribution in [1.29, 1.82) is 0 Å². The lowest BCUT2D eigenvalue weighted by Gasteiger charge is -2.17. The zero-order valence-corrected chi connectivity index (χ0v) is 15.1. The molecule has 7 nitrogen and oxygen atoms in total. The summed E-state index contributed by atoms with van der Waals surface area (Å²) in [4.78, 5) is 24.4. The molecule has 0 aliphatic heterocycles. The highest BCUT2D eigenvalue weighted by Crippen LogP contribution is 2.20. The molecule has 2 heterocycles. The molecule has 0 unspecified atom stereocenters. The van der Waals surface area contributed by atoms with Crippen LogP contribution in [0.25, 0.3) is 10.9 Å². The maximum Gasteiger partial charge on any atom is 0.275 e. The number of amides is 1. The number of hydrogen-bond donors (Lipinski definition) is 1. The molecule has 26 heavy (non-hydrogen) atoms. The lowest BCUT2D eigenvalue weighted by Crippen LogP contribution is -2.23. The maximum absolute atomic E-state index is 12.7. The lowest BCUT2D eigenvalue weighted by molar-refractivity contribution is 0.0972. The van der Waals surface area contributed by atoms with E-state index in [2.05, 4.69) is 10.3 Å². The third-order valence-corrected chi connectivity index (χ3v) is 4.11. The SMILES string of the molecule is COCCN(C)c1ccc(NC(=O)c2cc3ccccc3n2OC)cn1. The van der Waals surface area contributed by atoms with E-state index in [1.165, 1.54) is 11.8 Å². The molecule has 0 aliphatic rings. The number of para-hydroxylation sites is 1. The Morgan fingerprint density at radius 1 is 1.23 bits per heavy atom. The van der Waals surface area contributed by atoms with Crippen LogP contribution in [0.1, 0.15) is 10.5 Å². The summed E-state index contributed by atoms with van der Waals surface area (Å²) in [5.74, 6) is 0.552. The predicted octanol–water partition coefficient (Wildman–Crippen LogP) is 2.43. The smallest absolute Gasteiger partial charge is 0.275 e. The van der Waals surface area contributed by atoms with Gasteiger partial charge in [0.25, 0.3) is 5.91 Å². The fourth-order valence-corrected chi connectivity index (χ4v) is 2.71. The highest BCUT2D eigenvalue weighted by atomic mass is 16.6. The fourth-order valence-electron chi connectivity index (χ4n) is 2.71. The van der Waals surface area contributed by atoms with Gasteiger partial charge in [-0.2, -0.15) is 4.73 Å².